The summed E-state index contributed by atoms with van der Waals surface area (Å²) in [4.78, 5) is 15.2. The predicted molar refractivity (Wildman–Crippen MR) is 161 cm³/mol. The molecule has 0 atom stereocenters. The van der Waals surface area contributed by atoms with Gasteiger partial charge in [-0.1, -0.05) is 141 Å². The maximum atomic E-state index is 12.7. The zero-order chi connectivity index (χ0) is 27.1. The third kappa shape index (κ3) is 13.8. The summed E-state index contributed by atoms with van der Waals surface area (Å²) in [7, 11) is 0. The Morgan fingerprint density at radius 2 is 1.30 bits per heavy atom. The molecule has 0 saturated carbocycles. The lowest BCUT2D eigenvalue weighted by molar-refractivity contribution is -0.150. The highest BCUT2D eigenvalue weighted by molar-refractivity contribution is 5.78. The quantitative estimate of drug-likeness (QED) is 0.188. The van der Waals surface area contributed by atoms with Crippen LogP contribution in [-0.4, -0.2) is 36.6 Å². The van der Waals surface area contributed by atoms with E-state index in [9.17, 15) is 4.79 Å². The van der Waals surface area contributed by atoms with Crippen LogP contribution >= 0.6 is 0 Å². The summed E-state index contributed by atoms with van der Waals surface area (Å²) in [6.45, 7) is 13.6. The Morgan fingerprint density at radius 1 is 0.757 bits per heavy atom. The first-order valence-electron chi connectivity index (χ1n) is 15.3. The normalized spacial score (nSPS) is 13.6. The van der Waals surface area contributed by atoms with Gasteiger partial charge in [0.05, 0.1) is 6.42 Å². The summed E-state index contributed by atoms with van der Waals surface area (Å²) in [6, 6.07) is 18.4. The van der Waals surface area contributed by atoms with E-state index in [4.69, 9.17) is 4.74 Å². The maximum Gasteiger partial charge on any atom is 0.310 e. The molecule has 1 heterocycles. The van der Waals surface area contributed by atoms with E-state index in [1.54, 1.807) is 0 Å². The van der Waals surface area contributed by atoms with Crippen LogP contribution in [0.15, 0.2) is 54.6 Å². The lowest BCUT2D eigenvalue weighted by Gasteiger charge is -2.31. The molecule has 1 aliphatic heterocycles. The first kappa shape index (κ1) is 32.9. The lowest BCUT2D eigenvalue weighted by atomic mass is 9.98. The average molecular weight is 510 g/mol. The number of nitrogens with zero attached hydrogens (tertiary/aromatic N) is 1. The zero-order valence-corrected chi connectivity index (χ0v) is 24.6. The van der Waals surface area contributed by atoms with Gasteiger partial charge in [-0.25, -0.2) is 0 Å². The molecule has 1 fully saturated rings. The third-order valence-electron chi connectivity index (χ3n) is 6.85. The van der Waals surface area contributed by atoms with Gasteiger partial charge in [-0.15, -0.1) is 0 Å². The average Bonchev–Trinajstić information content (AvgIpc) is 2.96. The number of rotatable bonds is 14. The van der Waals surface area contributed by atoms with Gasteiger partial charge in [-0.05, 0) is 42.5 Å². The zero-order valence-electron chi connectivity index (χ0n) is 24.6. The molecule has 2 aromatic rings. The number of unbranched alkanes of at least 4 members (excludes halogenated alkanes) is 8. The Balaban J connectivity index is 0.00000163. The Labute approximate surface area is 229 Å². The van der Waals surface area contributed by atoms with Crippen LogP contribution in [0.3, 0.4) is 0 Å². The molecule has 1 aliphatic rings. The summed E-state index contributed by atoms with van der Waals surface area (Å²) < 4.78 is 5.87. The van der Waals surface area contributed by atoms with Gasteiger partial charge in [0.1, 0.15) is 6.10 Å². The molecular formula is C34H55NO2. The van der Waals surface area contributed by atoms with E-state index in [0.717, 1.165) is 42.6 Å². The second-order valence-electron chi connectivity index (χ2n) is 9.56. The molecule has 208 valence electrons. The van der Waals surface area contributed by atoms with Crippen LogP contribution < -0.4 is 0 Å². The van der Waals surface area contributed by atoms with Gasteiger partial charge in [-0.2, -0.15) is 0 Å². The second-order valence-corrected chi connectivity index (χ2v) is 9.56. The summed E-state index contributed by atoms with van der Waals surface area (Å²) >= 11 is 0. The van der Waals surface area contributed by atoms with Gasteiger partial charge in [0.15, 0.2) is 0 Å². The number of esters is 1. The Hall–Kier alpha value is -2.13. The van der Waals surface area contributed by atoms with Gasteiger partial charge in [0.2, 0.25) is 0 Å². The Bertz CT molecular complexity index is 796. The van der Waals surface area contributed by atoms with E-state index in [1.165, 1.54) is 64.3 Å². The molecule has 37 heavy (non-hydrogen) atoms. The number of likely N-dealkylation sites (tertiary alicyclic amines) is 1. The van der Waals surface area contributed by atoms with Gasteiger partial charge >= 0.3 is 5.97 Å². The molecule has 0 radical (unpaired) electrons. The number of carbonyl (C=O) groups is 1. The van der Waals surface area contributed by atoms with Crippen LogP contribution in [0.1, 0.15) is 111 Å². The molecule has 0 bridgehead atoms. The largest absolute Gasteiger partial charge is 0.462 e. The Kier molecular flexibility index (Phi) is 19.5. The SMILES string of the molecule is CC.CC.CCCCCCCCCCCN1CCC(OC(=O)Cc2ccccc2-c2ccccc2)CC1. The second kappa shape index (κ2) is 21.9. The van der Waals surface area contributed by atoms with E-state index in [0.29, 0.717) is 6.42 Å². The van der Waals surface area contributed by atoms with Crippen molar-refractivity contribution >= 4 is 5.97 Å². The lowest BCUT2D eigenvalue weighted by Crippen LogP contribution is -2.38. The van der Waals surface area contributed by atoms with Gasteiger partial charge in [0.25, 0.3) is 0 Å². The molecule has 3 heteroatoms. The fraction of sp³-hybridized carbons (Fsp3) is 0.618. The summed E-state index contributed by atoms with van der Waals surface area (Å²) in [5, 5.41) is 0. The van der Waals surface area contributed by atoms with Crippen molar-refractivity contribution in [3.05, 3.63) is 60.2 Å². The van der Waals surface area contributed by atoms with Crippen molar-refractivity contribution in [1.82, 2.24) is 4.90 Å². The highest BCUT2D eigenvalue weighted by Gasteiger charge is 2.22. The monoisotopic (exact) mass is 509 g/mol. The van der Waals surface area contributed by atoms with Crippen LogP contribution in [0.5, 0.6) is 0 Å². The minimum absolute atomic E-state index is 0.0701. The summed E-state index contributed by atoms with van der Waals surface area (Å²) in [5.74, 6) is -0.101. The van der Waals surface area contributed by atoms with Gasteiger partial charge in [0, 0.05) is 13.1 Å². The van der Waals surface area contributed by atoms with E-state index in [1.807, 2.05) is 64.1 Å². The van der Waals surface area contributed by atoms with Crippen LogP contribution in [-0.2, 0) is 16.0 Å². The molecular weight excluding hydrogens is 454 g/mol. The highest BCUT2D eigenvalue weighted by Crippen LogP contribution is 2.24. The predicted octanol–water partition coefficient (Wildman–Crippen LogP) is 9.49. The molecule has 0 spiro atoms. The fourth-order valence-electron chi connectivity index (χ4n) is 4.85. The van der Waals surface area contributed by atoms with Crippen molar-refractivity contribution in [2.24, 2.45) is 0 Å². The fourth-order valence-corrected chi connectivity index (χ4v) is 4.85. The van der Waals surface area contributed by atoms with E-state index in [2.05, 4.69) is 30.0 Å². The van der Waals surface area contributed by atoms with Crippen molar-refractivity contribution in [3.63, 3.8) is 0 Å². The number of piperidine rings is 1. The van der Waals surface area contributed by atoms with Crippen molar-refractivity contribution < 1.29 is 9.53 Å². The number of hydrogen-bond donors (Lipinski definition) is 0. The van der Waals surface area contributed by atoms with E-state index >= 15 is 0 Å². The smallest absolute Gasteiger partial charge is 0.310 e. The van der Waals surface area contributed by atoms with Gasteiger partial charge in [-0.3, -0.25) is 4.79 Å². The van der Waals surface area contributed by atoms with Crippen molar-refractivity contribution in [2.45, 2.75) is 118 Å². The molecule has 3 rings (SSSR count). The Morgan fingerprint density at radius 3 is 1.92 bits per heavy atom. The first-order valence-corrected chi connectivity index (χ1v) is 15.3. The summed E-state index contributed by atoms with van der Waals surface area (Å²) in [6.07, 6.45) is 14.7. The number of ether oxygens (including phenoxy) is 1. The van der Waals surface area contributed by atoms with Crippen molar-refractivity contribution in [2.75, 3.05) is 19.6 Å². The van der Waals surface area contributed by atoms with Crippen molar-refractivity contribution in [3.8, 4) is 11.1 Å². The number of benzene rings is 2. The number of carbonyl (C=O) groups excluding carboxylic acids is 1. The molecule has 3 nitrogen and oxygen atoms in total. The molecule has 0 unspecified atom stereocenters. The molecule has 0 aliphatic carbocycles. The first-order chi connectivity index (χ1) is 18.3. The molecule has 0 amide bonds. The van der Waals surface area contributed by atoms with Crippen LogP contribution in [0, 0.1) is 0 Å². The molecule has 0 aromatic heterocycles. The molecule has 2 aromatic carbocycles. The maximum absolute atomic E-state index is 12.7. The molecule has 0 N–H and O–H groups in total. The highest BCUT2D eigenvalue weighted by atomic mass is 16.5. The van der Waals surface area contributed by atoms with Crippen LogP contribution in [0.25, 0.3) is 11.1 Å². The topological polar surface area (TPSA) is 29.5 Å². The van der Waals surface area contributed by atoms with E-state index in [-0.39, 0.29) is 12.1 Å². The van der Waals surface area contributed by atoms with Gasteiger partial charge < -0.3 is 9.64 Å². The van der Waals surface area contributed by atoms with Crippen molar-refractivity contribution in [1.29, 1.82) is 0 Å². The number of hydrogen-bond acceptors (Lipinski definition) is 3. The van der Waals surface area contributed by atoms with Crippen LogP contribution in [0.4, 0.5) is 0 Å². The standard InChI is InChI=1S/C30H43NO2.2C2H6/c1-2-3-4-5-6-7-8-9-15-22-31-23-20-28(21-24-31)33-30(32)25-27-18-13-14-19-29(27)26-16-11-10-12-17-26;2*1-2/h10-14,16-19,28H,2-9,15,20-25H2,1H3;2*1-2H3. The van der Waals surface area contributed by atoms with Crippen LogP contribution in [0.2, 0.25) is 0 Å². The summed E-state index contributed by atoms with van der Waals surface area (Å²) in [5.41, 5.74) is 3.30. The van der Waals surface area contributed by atoms with E-state index < -0.39 is 0 Å². The minimum atomic E-state index is -0.101. The minimum Gasteiger partial charge on any atom is -0.462 e. The third-order valence-corrected chi connectivity index (χ3v) is 6.85. The molecule has 1 saturated heterocycles.